The molecule has 3 rings (SSSR count). The molecule has 1 aliphatic heterocycles. The fraction of sp³-hybridized carbons (Fsp3) is 0.214. The predicted molar refractivity (Wildman–Crippen MR) is 82.0 cm³/mol. The van der Waals surface area contributed by atoms with E-state index in [1.165, 1.54) is 25.2 Å². The summed E-state index contributed by atoms with van der Waals surface area (Å²) in [5.74, 6) is -0.917. The Labute approximate surface area is 135 Å². The zero-order chi connectivity index (χ0) is 17.4. The second kappa shape index (κ2) is 5.65. The highest BCUT2D eigenvalue weighted by molar-refractivity contribution is 5.55. The summed E-state index contributed by atoms with van der Waals surface area (Å²) >= 11 is 0. The number of nitro benzene ring substituents is 1. The Morgan fingerprint density at radius 2 is 1.96 bits per heavy atom. The topological polar surface area (TPSA) is 136 Å². The third kappa shape index (κ3) is 2.24. The molecule has 2 N–H and O–H groups in total. The van der Waals surface area contributed by atoms with Crippen LogP contribution in [0.1, 0.15) is 22.7 Å². The maximum Gasteiger partial charge on any atom is 0.317 e. The summed E-state index contributed by atoms with van der Waals surface area (Å²) in [7, 11) is 1.47. The molecule has 2 aromatic rings. The van der Waals surface area contributed by atoms with Gasteiger partial charge in [-0.2, -0.15) is 0 Å². The van der Waals surface area contributed by atoms with Gasteiger partial charge >= 0.3 is 5.70 Å². The number of nitrogens with zero attached hydrogens (tertiary/aromatic N) is 3. The van der Waals surface area contributed by atoms with E-state index in [9.17, 15) is 20.2 Å². The maximum absolute atomic E-state index is 11.7. The number of aromatic nitrogens is 2. The van der Waals surface area contributed by atoms with Crippen LogP contribution in [-0.4, -0.2) is 27.1 Å². The van der Waals surface area contributed by atoms with Crippen molar-refractivity contribution in [3.63, 3.8) is 0 Å². The number of ether oxygens (including phenoxy) is 1. The van der Waals surface area contributed by atoms with Gasteiger partial charge in [-0.25, -0.2) is 0 Å². The smallest absolute Gasteiger partial charge is 0.317 e. The summed E-state index contributed by atoms with van der Waals surface area (Å²) in [5, 5.41) is 32.4. The van der Waals surface area contributed by atoms with Crippen molar-refractivity contribution >= 4 is 5.69 Å². The Hall–Kier alpha value is -3.43. The summed E-state index contributed by atoms with van der Waals surface area (Å²) in [6.07, 6.45) is 0. The minimum absolute atomic E-state index is 0.0952. The highest BCUT2D eigenvalue weighted by atomic mass is 16.6. The van der Waals surface area contributed by atoms with E-state index in [1.54, 1.807) is 13.0 Å². The quantitative estimate of drug-likeness (QED) is 0.644. The lowest BCUT2D eigenvalue weighted by Gasteiger charge is -2.22. The number of para-hydroxylation sites is 1. The van der Waals surface area contributed by atoms with Crippen LogP contribution in [0.25, 0.3) is 0 Å². The van der Waals surface area contributed by atoms with Gasteiger partial charge in [0.25, 0.3) is 11.6 Å². The van der Waals surface area contributed by atoms with Crippen LogP contribution in [0.3, 0.4) is 0 Å². The molecule has 2 heterocycles. The van der Waals surface area contributed by atoms with Crippen LogP contribution in [0, 0.1) is 27.2 Å². The van der Waals surface area contributed by atoms with Gasteiger partial charge in [0, 0.05) is 24.4 Å². The molecule has 0 bridgehead atoms. The molecule has 0 amide bonds. The van der Waals surface area contributed by atoms with E-state index in [2.05, 4.69) is 15.5 Å². The molecular formula is C14H13N5O5. The minimum Gasteiger partial charge on any atom is -0.414 e. The lowest BCUT2D eigenvalue weighted by molar-refractivity contribution is -0.433. The maximum atomic E-state index is 11.7. The fourth-order valence-electron chi connectivity index (χ4n) is 2.82. The van der Waals surface area contributed by atoms with E-state index in [-0.39, 0.29) is 28.7 Å². The van der Waals surface area contributed by atoms with Gasteiger partial charge in [-0.3, -0.25) is 25.3 Å². The van der Waals surface area contributed by atoms with Crippen LogP contribution in [0.2, 0.25) is 0 Å². The highest BCUT2D eigenvalue weighted by Gasteiger charge is 2.44. The first-order valence-corrected chi connectivity index (χ1v) is 6.98. The van der Waals surface area contributed by atoms with Crippen LogP contribution in [0.15, 0.2) is 35.8 Å². The zero-order valence-electron chi connectivity index (χ0n) is 12.8. The molecule has 10 nitrogen and oxygen atoms in total. The molecule has 124 valence electrons. The normalized spacial score (nSPS) is 16.3. The number of nitrogens with one attached hydrogen (secondary N) is 2. The number of hydrogen-bond donors (Lipinski definition) is 2. The standard InChI is InChI=1S/C14H13N5O5/c1-7-10-11(8-5-3-4-6-9(8)18(20)21)12(19(22)23)14(15-2)24-13(10)17-16-7/h3-6,11,15H,1-2H3,(H,16,17). The first-order valence-electron chi connectivity index (χ1n) is 6.98. The van der Waals surface area contributed by atoms with E-state index in [4.69, 9.17) is 4.74 Å². The molecule has 1 atom stereocenters. The van der Waals surface area contributed by atoms with Crippen LogP contribution >= 0.6 is 0 Å². The molecule has 1 unspecified atom stereocenters. The Balaban J connectivity index is 2.34. The van der Waals surface area contributed by atoms with Gasteiger partial charge in [0.2, 0.25) is 5.88 Å². The summed E-state index contributed by atoms with van der Waals surface area (Å²) in [4.78, 5) is 21.9. The van der Waals surface area contributed by atoms with E-state index >= 15 is 0 Å². The van der Waals surface area contributed by atoms with Gasteiger partial charge in [-0.1, -0.05) is 18.2 Å². The molecule has 0 spiro atoms. The van der Waals surface area contributed by atoms with E-state index in [1.807, 2.05) is 0 Å². The molecule has 0 fully saturated rings. The molecule has 24 heavy (non-hydrogen) atoms. The molecule has 0 saturated heterocycles. The first kappa shape index (κ1) is 15.5. The van der Waals surface area contributed by atoms with Crippen molar-refractivity contribution < 1.29 is 14.6 Å². The van der Waals surface area contributed by atoms with Crippen molar-refractivity contribution in [3.05, 3.63) is 72.9 Å². The molecule has 1 aliphatic rings. The van der Waals surface area contributed by atoms with Crippen molar-refractivity contribution in [1.82, 2.24) is 15.5 Å². The first-order chi connectivity index (χ1) is 11.5. The Bertz CT molecular complexity index is 872. The monoisotopic (exact) mass is 331 g/mol. The second-order valence-electron chi connectivity index (χ2n) is 5.14. The van der Waals surface area contributed by atoms with Gasteiger partial charge in [-0.05, 0) is 6.92 Å². The van der Waals surface area contributed by atoms with Crippen molar-refractivity contribution in [2.75, 3.05) is 7.05 Å². The summed E-state index contributed by atoms with van der Waals surface area (Å²) in [5.41, 5.74) is 0.656. The third-order valence-electron chi connectivity index (χ3n) is 3.82. The predicted octanol–water partition coefficient (Wildman–Crippen LogP) is 1.82. The van der Waals surface area contributed by atoms with Crippen LogP contribution < -0.4 is 10.1 Å². The lowest BCUT2D eigenvalue weighted by Crippen LogP contribution is -2.28. The number of H-pyrrole nitrogens is 1. The fourth-order valence-corrected chi connectivity index (χ4v) is 2.82. The van der Waals surface area contributed by atoms with Gasteiger partial charge in [0.1, 0.15) is 5.92 Å². The highest BCUT2D eigenvalue weighted by Crippen LogP contribution is 2.45. The third-order valence-corrected chi connectivity index (χ3v) is 3.82. The van der Waals surface area contributed by atoms with Gasteiger partial charge < -0.3 is 10.1 Å². The largest absolute Gasteiger partial charge is 0.414 e. The van der Waals surface area contributed by atoms with Crippen molar-refractivity contribution in [2.45, 2.75) is 12.8 Å². The average Bonchev–Trinajstić information content (AvgIpc) is 2.93. The molecule has 10 heteroatoms. The molecule has 1 aromatic carbocycles. The van der Waals surface area contributed by atoms with Crippen LogP contribution in [0.5, 0.6) is 5.88 Å². The van der Waals surface area contributed by atoms with E-state index in [0.717, 1.165) is 0 Å². The van der Waals surface area contributed by atoms with Crippen molar-refractivity contribution in [3.8, 4) is 5.88 Å². The Kier molecular flexibility index (Phi) is 3.64. The van der Waals surface area contributed by atoms with Gasteiger partial charge in [0.15, 0.2) is 0 Å². The SMILES string of the molecule is CNC1=C([N+](=O)[O-])C(c2ccccc2[N+](=O)[O-])c2c(n[nH]c2C)O1. The Morgan fingerprint density at radius 3 is 2.58 bits per heavy atom. The number of hydrogen-bond acceptors (Lipinski definition) is 7. The number of aromatic amines is 1. The number of rotatable bonds is 4. The average molecular weight is 331 g/mol. The zero-order valence-corrected chi connectivity index (χ0v) is 12.8. The number of fused-ring (bicyclic) bond motifs is 1. The lowest BCUT2D eigenvalue weighted by atomic mass is 9.86. The number of nitro groups is 2. The molecule has 0 radical (unpaired) electrons. The van der Waals surface area contributed by atoms with Crippen molar-refractivity contribution in [2.24, 2.45) is 0 Å². The van der Waals surface area contributed by atoms with Crippen LogP contribution in [-0.2, 0) is 0 Å². The van der Waals surface area contributed by atoms with E-state index in [0.29, 0.717) is 11.3 Å². The second-order valence-corrected chi connectivity index (χ2v) is 5.14. The van der Waals surface area contributed by atoms with E-state index < -0.39 is 15.8 Å². The van der Waals surface area contributed by atoms with Crippen LogP contribution in [0.4, 0.5) is 5.69 Å². The number of benzene rings is 1. The molecule has 1 aromatic heterocycles. The van der Waals surface area contributed by atoms with Gasteiger partial charge in [-0.15, -0.1) is 5.10 Å². The number of aryl methyl sites for hydroxylation is 1. The molecule has 0 saturated carbocycles. The summed E-state index contributed by atoms with van der Waals surface area (Å²) < 4.78 is 5.44. The Morgan fingerprint density at radius 1 is 1.25 bits per heavy atom. The minimum atomic E-state index is -0.980. The summed E-state index contributed by atoms with van der Waals surface area (Å²) in [6, 6.07) is 5.93. The van der Waals surface area contributed by atoms with Crippen molar-refractivity contribution in [1.29, 1.82) is 0 Å². The number of allylic oxidation sites excluding steroid dienone is 1. The molecular weight excluding hydrogens is 318 g/mol. The summed E-state index contributed by atoms with van der Waals surface area (Å²) in [6.45, 7) is 1.68. The molecule has 0 aliphatic carbocycles. The van der Waals surface area contributed by atoms with Gasteiger partial charge in [0.05, 0.1) is 15.4 Å².